The maximum atomic E-state index is 5.32. The highest BCUT2D eigenvalue weighted by Gasteiger charge is 2.31. The van der Waals surface area contributed by atoms with Gasteiger partial charge in [0, 0.05) is 56.7 Å². The fourth-order valence-electron chi connectivity index (χ4n) is 10.0. The van der Waals surface area contributed by atoms with Crippen LogP contribution < -0.4 is 0 Å². The van der Waals surface area contributed by atoms with Gasteiger partial charge < -0.3 is 9.13 Å². The van der Waals surface area contributed by atoms with Crippen molar-refractivity contribution in [3.05, 3.63) is 307 Å². The maximum Gasteiger partial charge on any atom is 0.0666 e. The van der Waals surface area contributed by atoms with Crippen molar-refractivity contribution in [3.8, 4) is 11.4 Å². The first-order chi connectivity index (χ1) is 35.4. The van der Waals surface area contributed by atoms with Crippen LogP contribution >= 0.6 is 0 Å². The Hall–Kier alpha value is -8.86. The lowest BCUT2D eigenvalue weighted by atomic mass is 9.72. The van der Waals surface area contributed by atoms with Crippen molar-refractivity contribution >= 4 is 51.2 Å². The zero-order valence-corrected chi connectivity index (χ0v) is 41.3. The zero-order chi connectivity index (χ0) is 49.9. The minimum Gasteiger partial charge on any atom is -0.316 e. The Balaban J connectivity index is 1.13. The number of nitrogens with zero attached hydrogens (tertiary/aromatic N) is 4. The molecule has 0 aliphatic heterocycles. The molecule has 1 atom stereocenters. The fourth-order valence-corrected chi connectivity index (χ4v) is 10.0. The predicted octanol–water partition coefficient (Wildman–Crippen LogP) is 17.4. The van der Waals surface area contributed by atoms with Gasteiger partial charge in [-0.15, -0.1) is 0 Å². The second kappa shape index (κ2) is 22.3. The van der Waals surface area contributed by atoms with Crippen LogP contribution in [0.15, 0.2) is 278 Å². The summed E-state index contributed by atoms with van der Waals surface area (Å²) in [6.07, 6.45) is 27.0. The van der Waals surface area contributed by atoms with E-state index in [2.05, 4.69) is 260 Å². The molecule has 352 valence electrons. The molecule has 0 N–H and O–H groups in total. The van der Waals surface area contributed by atoms with Crippen LogP contribution in [0.5, 0.6) is 0 Å². The van der Waals surface area contributed by atoms with Gasteiger partial charge in [-0.1, -0.05) is 215 Å². The van der Waals surface area contributed by atoms with E-state index in [4.69, 9.17) is 4.99 Å². The summed E-state index contributed by atoms with van der Waals surface area (Å²) in [5.74, 6) is 0.0428. The van der Waals surface area contributed by atoms with Crippen molar-refractivity contribution < 1.29 is 0 Å². The van der Waals surface area contributed by atoms with E-state index in [-0.39, 0.29) is 5.92 Å². The van der Waals surface area contributed by atoms with Crippen LogP contribution in [0.4, 0.5) is 0 Å². The SMILES string of the molecule is C=C/C=C\CC(C)(C(=C)/C=C\C=C)c1ccccc1-n1c2ccccc2c2cc(C(/C=C\N=C)=NCc3ccc4c(c3)c(/C=C\C=C\C)cn4-c3ccccc3C(c3ccccc3)c3ccccc3)ccc21. The maximum absolute atomic E-state index is 5.32. The average Bonchev–Trinajstić information content (AvgIpc) is 3.95. The van der Waals surface area contributed by atoms with Crippen molar-refractivity contribution in [3.63, 3.8) is 0 Å². The Morgan fingerprint density at radius 2 is 1.31 bits per heavy atom. The summed E-state index contributed by atoms with van der Waals surface area (Å²) in [6, 6.07) is 61.2. The van der Waals surface area contributed by atoms with Crippen molar-refractivity contribution in [1.29, 1.82) is 0 Å². The van der Waals surface area contributed by atoms with Crippen LogP contribution in [-0.2, 0) is 12.0 Å². The van der Waals surface area contributed by atoms with Crippen molar-refractivity contribution in [2.75, 3.05) is 0 Å². The Morgan fingerprint density at radius 1 is 0.639 bits per heavy atom. The molecule has 0 spiro atoms. The minimum atomic E-state index is -0.427. The Morgan fingerprint density at radius 3 is 2.04 bits per heavy atom. The summed E-state index contributed by atoms with van der Waals surface area (Å²) >= 11 is 0. The Kier molecular flexibility index (Phi) is 14.9. The van der Waals surface area contributed by atoms with Gasteiger partial charge in [0.2, 0.25) is 0 Å². The minimum absolute atomic E-state index is 0.0428. The van der Waals surface area contributed by atoms with E-state index in [1.807, 2.05) is 31.2 Å². The number of aromatic nitrogens is 2. The van der Waals surface area contributed by atoms with Crippen LogP contribution in [0, 0.1) is 0 Å². The summed E-state index contributed by atoms with van der Waals surface area (Å²) in [6.45, 7) is 21.0. The van der Waals surface area contributed by atoms with E-state index in [9.17, 15) is 0 Å². The first-order valence-electron chi connectivity index (χ1n) is 24.6. The molecule has 0 fully saturated rings. The highest BCUT2D eigenvalue weighted by molar-refractivity contribution is 6.15. The standard InChI is InChI=1S/C68H60N4/c1-7-10-15-32-55-49-71(62-36-23-21-34-57(62)67(52-28-16-13-17-29-52)53-30-18-14-19-31-53)63-41-39-51(46-58(55)63)48-70-61(43-45-69-6)54-40-42-65-59(47-54)56-33-20-24-37-64(56)72(65)66-38-25-22-35-60(66)68(5,44-26-11-8-2)50(4)27-12-9-3/h7-43,45-47,49,67H,2-4,6,44,48H2,1,5H3/b10-7+,26-11-,27-12-,32-15-,45-43-,70-61?. The van der Waals surface area contributed by atoms with E-state index in [0.717, 1.165) is 78.5 Å². The highest BCUT2D eigenvalue weighted by Crippen LogP contribution is 2.43. The third-order valence-corrected chi connectivity index (χ3v) is 13.7. The molecule has 0 aliphatic rings. The van der Waals surface area contributed by atoms with Gasteiger partial charge in [0.15, 0.2) is 0 Å². The van der Waals surface area contributed by atoms with Gasteiger partial charge in [-0.25, -0.2) is 0 Å². The van der Waals surface area contributed by atoms with Crippen LogP contribution in [0.2, 0.25) is 0 Å². The molecular weight excluding hydrogens is 873 g/mol. The quantitative estimate of drug-likeness (QED) is 0.0440. The van der Waals surface area contributed by atoms with E-state index in [1.54, 1.807) is 12.3 Å². The van der Waals surface area contributed by atoms with E-state index in [1.165, 1.54) is 22.3 Å². The smallest absolute Gasteiger partial charge is 0.0666 e. The Labute approximate surface area is 425 Å². The molecule has 0 bridgehead atoms. The van der Waals surface area contributed by atoms with Gasteiger partial charge in [-0.3, -0.25) is 9.98 Å². The summed E-state index contributed by atoms with van der Waals surface area (Å²) in [5.41, 5.74) is 15.1. The molecule has 0 saturated carbocycles. The summed E-state index contributed by atoms with van der Waals surface area (Å²) in [7, 11) is 0. The number of fused-ring (bicyclic) bond motifs is 4. The molecule has 4 heteroatoms. The normalized spacial score (nSPS) is 13.2. The van der Waals surface area contributed by atoms with Crippen LogP contribution in [-0.4, -0.2) is 21.6 Å². The lowest BCUT2D eigenvalue weighted by Crippen LogP contribution is -2.25. The predicted molar refractivity (Wildman–Crippen MR) is 310 cm³/mol. The second-order valence-corrected chi connectivity index (χ2v) is 18.1. The van der Waals surface area contributed by atoms with E-state index < -0.39 is 5.41 Å². The zero-order valence-electron chi connectivity index (χ0n) is 41.3. The van der Waals surface area contributed by atoms with Crippen LogP contribution in [0.1, 0.15) is 65.1 Å². The lowest BCUT2D eigenvalue weighted by molar-refractivity contribution is 0.578. The first kappa shape index (κ1) is 48.2. The molecule has 7 aromatic carbocycles. The molecular formula is C68H60N4. The van der Waals surface area contributed by atoms with Crippen molar-refractivity contribution in [1.82, 2.24) is 9.13 Å². The summed E-state index contributed by atoms with van der Waals surface area (Å²) < 4.78 is 4.75. The van der Waals surface area contributed by atoms with Crippen molar-refractivity contribution in [2.24, 2.45) is 9.98 Å². The van der Waals surface area contributed by atoms with Gasteiger partial charge in [-0.2, -0.15) is 0 Å². The molecule has 0 radical (unpaired) electrons. The number of hydrogen-bond acceptors (Lipinski definition) is 2. The number of benzene rings is 7. The molecule has 1 unspecified atom stereocenters. The topological polar surface area (TPSA) is 34.6 Å². The van der Waals surface area contributed by atoms with Crippen LogP contribution in [0.25, 0.3) is 50.2 Å². The van der Waals surface area contributed by atoms with Gasteiger partial charge in [0.1, 0.15) is 0 Å². The van der Waals surface area contributed by atoms with Gasteiger partial charge in [0.05, 0.1) is 34.5 Å². The number of aliphatic imine (C=N–C) groups is 2. The number of hydrogen-bond donors (Lipinski definition) is 0. The van der Waals surface area contributed by atoms with E-state index >= 15 is 0 Å². The summed E-state index contributed by atoms with van der Waals surface area (Å²) in [5, 5.41) is 3.44. The van der Waals surface area contributed by atoms with E-state index in [0.29, 0.717) is 6.54 Å². The average molecular weight is 933 g/mol. The van der Waals surface area contributed by atoms with Crippen molar-refractivity contribution in [2.45, 2.75) is 38.1 Å². The third-order valence-electron chi connectivity index (χ3n) is 13.7. The molecule has 0 saturated heterocycles. The molecule has 4 nitrogen and oxygen atoms in total. The lowest BCUT2D eigenvalue weighted by Gasteiger charge is -2.33. The largest absolute Gasteiger partial charge is 0.316 e. The molecule has 2 heterocycles. The Bertz CT molecular complexity index is 3580. The number of allylic oxidation sites excluding steroid dienone is 11. The fraction of sp³-hybridized carbons (Fsp3) is 0.0882. The number of rotatable bonds is 19. The number of para-hydroxylation sites is 3. The monoisotopic (exact) mass is 932 g/mol. The molecule has 9 rings (SSSR count). The van der Waals surface area contributed by atoms with Gasteiger partial charge >= 0.3 is 0 Å². The second-order valence-electron chi connectivity index (χ2n) is 18.1. The molecule has 72 heavy (non-hydrogen) atoms. The molecule has 9 aromatic rings. The van der Waals surface area contributed by atoms with Crippen LogP contribution in [0.3, 0.4) is 0 Å². The van der Waals surface area contributed by atoms with Gasteiger partial charge in [-0.05, 0) is 102 Å². The third kappa shape index (κ3) is 9.81. The molecule has 0 amide bonds. The molecule has 2 aromatic heterocycles. The van der Waals surface area contributed by atoms with Gasteiger partial charge in [0.25, 0.3) is 0 Å². The highest BCUT2D eigenvalue weighted by atomic mass is 15.0. The summed E-state index contributed by atoms with van der Waals surface area (Å²) in [4.78, 5) is 9.45. The first-order valence-corrected chi connectivity index (χ1v) is 24.6. The molecule has 0 aliphatic carbocycles.